The fraction of sp³-hybridized carbons (Fsp3) is 0.0714. The smallest absolute Gasteiger partial charge is 0.255 e. The molecule has 3 nitrogen and oxygen atoms in total. The van der Waals surface area contributed by atoms with Crippen molar-refractivity contribution >= 4 is 50.1 Å². The largest absolute Gasteiger partial charge is 0.496 e. The van der Waals surface area contributed by atoms with Crippen LogP contribution < -0.4 is 10.1 Å². The molecule has 0 heterocycles. The fourth-order valence-electron chi connectivity index (χ4n) is 1.58. The summed E-state index contributed by atoms with van der Waals surface area (Å²) in [7, 11) is 1.60. The van der Waals surface area contributed by atoms with Crippen molar-refractivity contribution in [2.45, 2.75) is 0 Å². The van der Waals surface area contributed by atoms with Gasteiger partial charge in [-0.3, -0.25) is 4.79 Å². The van der Waals surface area contributed by atoms with E-state index >= 15 is 0 Å². The number of amides is 1. The minimum Gasteiger partial charge on any atom is -0.496 e. The third-order valence-electron chi connectivity index (χ3n) is 2.50. The quantitative estimate of drug-likeness (QED) is 0.735. The lowest BCUT2D eigenvalue weighted by Crippen LogP contribution is -2.11. The predicted molar refractivity (Wildman–Crippen MR) is 87.8 cm³/mol. The van der Waals surface area contributed by atoms with Gasteiger partial charge in [0.15, 0.2) is 0 Å². The summed E-state index contributed by atoms with van der Waals surface area (Å²) in [5.41, 5.74) is 1.36. The van der Waals surface area contributed by atoms with Gasteiger partial charge in [0.05, 0.1) is 11.6 Å². The number of benzene rings is 2. The maximum Gasteiger partial charge on any atom is 0.255 e. The van der Waals surface area contributed by atoms with E-state index in [1.807, 2.05) is 24.3 Å². The zero-order valence-electron chi connectivity index (χ0n) is 10.1. The molecular weight excluding hydrogens is 421 g/mol. The molecule has 0 aliphatic carbocycles. The van der Waals surface area contributed by atoms with Crippen LogP contribution in [-0.4, -0.2) is 13.0 Å². The predicted octanol–water partition coefficient (Wildman–Crippen LogP) is 4.31. The summed E-state index contributed by atoms with van der Waals surface area (Å²) in [6.45, 7) is 0. The monoisotopic (exact) mass is 431 g/mol. The number of halogens is 2. The summed E-state index contributed by atoms with van der Waals surface area (Å²) in [6.07, 6.45) is 0. The first kappa shape index (κ1) is 14.3. The van der Waals surface area contributed by atoms with Crippen molar-refractivity contribution in [1.29, 1.82) is 0 Å². The van der Waals surface area contributed by atoms with Crippen LogP contribution in [0.25, 0.3) is 0 Å². The van der Waals surface area contributed by atoms with Crippen molar-refractivity contribution in [3.8, 4) is 5.75 Å². The second-order valence-electron chi connectivity index (χ2n) is 3.81. The maximum absolute atomic E-state index is 12.1. The molecule has 0 aliphatic rings. The van der Waals surface area contributed by atoms with Gasteiger partial charge in [0, 0.05) is 14.8 Å². The third kappa shape index (κ3) is 3.70. The van der Waals surface area contributed by atoms with Crippen LogP contribution >= 0.6 is 38.5 Å². The second-order valence-corrected chi connectivity index (χ2v) is 5.91. The van der Waals surface area contributed by atoms with Crippen LogP contribution in [0.2, 0.25) is 0 Å². The SMILES string of the molecule is COc1ccc(NC(=O)c2cccc(I)c2)cc1Br. The number of rotatable bonds is 3. The van der Waals surface area contributed by atoms with Crippen LogP contribution in [0.5, 0.6) is 5.75 Å². The average Bonchev–Trinajstić information content (AvgIpc) is 2.39. The zero-order valence-corrected chi connectivity index (χ0v) is 13.9. The molecule has 0 fully saturated rings. The Labute approximate surface area is 133 Å². The molecule has 1 N–H and O–H groups in total. The molecule has 0 unspecified atom stereocenters. The molecule has 0 bridgehead atoms. The van der Waals surface area contributed by atoms with Crippen LogP contribution in [0, 0.1) is 3.57 Å². The summed E-state index contributed by atoms with van der Waals surface area (Å²) in [4.78, 5) is 12.1. The van der Waals surface area contributed by atoms with E-state index in [0.717, 1.165) is 19.5 Å². The van der Waals surface area contributed by atoms with E-state index in [4.69, 9.17) is 4.74 Å². The molecule has 0 aromatic heterocycles. The maximum atomic E-state index is 12.1. The van der Waals surface area contributed by atoms with Gasteiger partial charge in [-0.05, 0) is 74.9 Å². The zero-order chi connectivity index (χ0) is 13.8. The van der Waals surface area contributed by atoms with Crippen molar-refractivity contribution in [1.82, 2.24) is 0 Å². The topological polar surface area (TPSA) is 38.3 Å². The highest BCUT2D eigenvalue weighted by molar-refractivity contribution is 14.1. The molecule has 0 radical (unpaired) electrons. The molecule has 2 aromatic rings. The van der Waals surface area contributed by atoms with E-state index in [1.165, 1.54) is 0 Å². The highest BCUT2D eigenvalue weighted by atomic mass is 127. The van der Waals surface area contributed by atoms with Gasteiger partial charge < -0.3 is 10.1 Å². The van der Waals surface area contributed by atoms with Crippen LogP contribution in [0.1, 0.15) is 10.4 Å². The Bertz CT molecular complexity index is 616. The van der Waals surface area contributed by atoms with E-state index in [1.54, 1.807) is 25.3 Å². The number of hydrogen-bond acceptors (Lipinski definition) is 2. The van der Waals surface area contributed by atoms with Gasteiger partial charge in [0.2, 0.25) is 0 Å². The van der Waals surface area contributed by atoms with Crippen molar-refractivity contribution in [3.05, 3.63) is 56.1 Å². The highest BCUT2D eigenvalue weighted by Crippen LogP contribution is 2.27. The second kappa shape index (κ2) is 6.38. The summed E-state index contributed by atoms with van der Waals surface area (Å²) in [5, 5.41) is 2.85. The molecule has 0 spiro atoms. The van der Waals surface area contributed by atoms with Crippen molar-refractivity contribution in [2.75, 3.05) is 12.4 Å². The number of anilines is 1. The minimum atomic E-state index is -0.129. The molecule has 0 saturated heterocycles. The first-order valence-electron chi connectivity index (χ1n) is 5.50. The van der Waals surface area contributed by atoms with Gasteiger partial charge in [-0.25, -0.2) is 0 Å². The molecule has 2 rings (SSSR count). The lowest BCUT2D eigenvalue weighted by Gasteiger charge is -2.08. The molecule has 0 saturated carbocycles. The Hall–Kier alpha value is -1.08. The normalized spacial score (nSPS) is 10.1. The molecule has 98 valence electrons. The Morgan fingerprint density at radius 1 is 1.26 bits per heavy atom. The number of hydrogen-bond donors (Lipinski definition) is 1. The standard InChI is InChI=1S/C14H11BrINO2/c1-19-13-6-5-11(8-12(13)15)17-14(18)9-3-2-4-10(16)7-9/h2-8H,1H3,(H,17,18). The van der Waals surface area contributed by atoms with Crippen LogP contribution in [0.3, 0.4) is 0 Å². The molecule has 19 heavy (non-hydrogen) atoms. The van der Waals surface area contributed by atoms with E-state index in [9.17, 15) is 4.79 Å². The first-order valence-corrected chi connectivity index (χ1v) is 7.38. The fourth-order valence-corrected chi connectivity index (χ4v) is 2.66. The van der Waals surface area contributed by atoms with Gasteiger partial charge in [-0.2, -0.15) is 0 Å². The Morgan fingerprint density at radius 2 is 2.05 bits per heavy atom. The van der Waals surface area contributed by atoms with Crippen molar-refractivity contribution < 1.29 is 9.53 Å². The summed E-state index contributed by atoms with van der Waals surface area (Å²) < 4.78 is 6.97. The van der Waals surface area contributed by atoms with Gasteiger partial charge in [0.25, 0.3) is 5.91 Å². The van der Waals surface area contributed by atoms with E-state index in [2.05, 4.69) is 43.8 Å². The summed E-state index contributed by atoms with van der Waals surface area (Å²) in [6, 6.07) is 12.8. The number of ether oxygens (including phenoxy) is 1. The average molecular weight is 432 g/mol. The Morgan fingerprint density at radius 3 is 2.68 bits per heavy atom. The molecule has 1 amide bonds. The Balaban J connectivity index is 2.17. The molecule has 0 atom stereocenters. The van der Waals surface area contributed by atoms with Crippen LogP contribution in [-0.2, 0) is 0 Å². The molecular formula is C14H11BrINO2. The number of nitrogens with one attached hydrogen (secondary N) is 1. The van der Waals surface area contributed by atoms with Crippen molar-refractivity contribution in [2.24, 2.45) is 0 Å². The van der Waals surface area contributed by atoms with Gasteiger partial charge >= 0.3 is 0 Å². The molecule has 2 aromatic carbocycles. The summed E-state index contributed by atoms with van der Waals surface area (Å²) >= 11 is 5.57. The molecule has 0 aliphatic heterocycles. The minimum absolute atomic E-state index is 0.129. The lowest BCUT2D eigenvalue weighted by atomic mass is 10.2. The van der Waals surface area contributed by atoms with Gasteiger partial charge in [-0.15, -0.1) is 0 Å². The first-order chi connectivity index (χ1) is 9.10. The molecule has 5 heteroatoms. The number of methoxy groups -OCH3 is 1. The van der Waals surface area contributed by atoms with E-state index < -0.39 is 0 Å². The van der Waals surface area contributed by atoms with E-state index in [-0.39, 0.29) is 5.91 Å². The van der Waals surface area contributed by atoms with Crippen LogP contribution in [0.15, 0.2) is 46.9 Å². The van der Waals surface area contributed by atoms with E-state index in [0.29, 0.717) is 5.56 Å². The summed E-state index contributed by atoms with van der Waals surface area (Å²) in [5.74, 6) is 0.600. The number of carbonyl (C=O) groups excluding carboxylic acids is 1. The van der Waals surface area contributed by atoms with Crippen LogP contribution in [0.4, 0.5) is 5.69 Å². The highest BCUT2D eigenvalue weighted by Gasteiger charge is 2.08. The lowest BCUT2D eigenvalue weighted by molar-refractivity contribution is 0.102. The number of carbonyl (C=O) groups is 1. The van der Waals surface area contributed by atoms with Crippen molar-refractivity contribution in [3.63, 3.8) is 0 Å². The Kier molecular flexibility index (Phi) is 4.81. The van der Waals surface area contributed by atoms with Gasteiger partial charge in [-0.1, -0.05) is 6.07 Å². The third-order valence-corrected chi connectivity index (χ3v) is 3.79. The van der Waals surface area contributed by atoms with Gasteiger partial charge in [0.1, 0.15) is 5.75 Å².